The van der Waals surface area contributed by atoms with Crippen LogP contribution in [0.2, 0.25) is 0 Å². The number of thiophene rings is 1. The van der Waals surface area contributed by atoms with Crippen LogP contribution in [-0.2, 0) is 35.3 Å². The Kier molecular flexibility index (Phi) is 11.2. The molecule has 1 aromatic carbocycles. The second-order valence-corrected chi connectivity index (χ2v) is 9.81. The predicted molar refractivity (Wildman–Crippen MR) is 133 cm³/mol. The molecule has 0 unspecified atom stereocenters. The lowest BCUT2D eigenvalue weighted by Gasteiger charge is -2.15. The molecule has 0 aliphatic heterocycles. The first-order valence-electron chi connectivity index (χ1n) is 9.42. The van der Waals surface area contributed by atoms with Crippen LogP contribution in [0.4, 0.5) is 0 Å². The molecule has 0 saturated heterocycles. The molecule has 0 aliphatic carbocycles. The molecule has 3 N–H and O–H groups in total. The van der Waals surface area contributed by atoms with Crippen LogP contribution < -0.4 is 15.4 Å². The summed E-state index contributed by atoms with van der Waals surface area (Å²) in [5, 5.41) is 6.58. The van der Waals surface area contributed by atoms with Crippen molar-refractivity contribution in [3.05, 3.63) is 57.3 Å². The molecule has 0 spiro atoms. The minimum atomic E-state index is -3.37. The van der Waals surface area contributed by atoms with Gasteiger partial charge in [-0.1, -0.05) is 31.2 Å². The van der Waals surface area contributed by atoms with E-state index in [4.69, 9.17) is 0 Å². The van der Waals surface area contributed by atoms with E-state index in [1.165, 1.54) is 9.75 Å². The highest BCUT2D eigenvalue weighted by Gasteiger charge is 2.15. The highest BCUT2D eigenvalue weighted by atomic mass is 127. The van der Waals surface area contributed by atoms with Crippen molar-refractivity contribution in [3.63, 3.8) is 0 Å². The molecule has 1 heterocycles. The standard InChI is InChI=1S/C20H30N4O2S2.HI/c1-5-18-10-11-19(27-18)13-23-20(21-4)22-12-16-8-6-7-9-17(16)14-28(25,26)24-15(2)3;/h6-11,15,24H,5,12-14H2,1-4H3,(H2,21,22,23);1H. The Labute approximate surface area is 195 Å². The summed E-state index contributed by atoms with van der Waals surface area (Å²) in [6.45, 7) is 6.99. The van der Waals surface area contributed by atoms with Gasteiger partial charge in [-0.05, 0) is 43.5 Å². The van der Waals surface area contributed by atoms with Crippen LogP contribution in [0.5, 0.6) is 0 Å². The summed E-state index contributed by atoms with van der Waals surface area (Å²) in [6.07, 6.45) is 1.04. The average Bonchev–Trinajstić information content (AvgIpc) is 3.09. The lowest BCUT2D eigenvalue weighted by molar-refractivity contribution is 0.568. The fourth-order valence-electron chi connectivity index (χ4n) is 2.75. The molecule has 29 heavy (non-hydrogen) atoms. The first-order chi connectivity index (χ1) is 13.3. The number of guanidine groups is 1. The number of aryl methyl sites for hydroxylation is 1. The fraction of sp³-hybridized carbons (Fsp3) is 0.450. The molecule has 9 heteroatoms. The molecule has 0 aliphatic rings. The topological polar surface area (TPSA) is 82.6 Å². The summed E-state index contributed by atoms with van der Waals surface area (Å²) in [5.41, 5.74) is 1.72. The lowest BCUT2D eigenvalue weighted by Crippen LogP contribution is -2.36. The molecule has 2 rings (SSSR count). The second-order valence-electron chi connectivity index (χ2n) is 6.80. The van der Waals surface area contributed by atoms with Gasteiger partial charge in [0.2, 0.25) is 10.0 Å². The van der Waals surface area contributed by atoms with E-state index in [0.717, 1.165) is 17.5 Å². The molecule has 0 saturated carbocycles. The Morgan fingerprint density at radius 1 is 1.03 bits per heavy atom. The van der Waals surface area contributed by atoms with Gasteiger partial charge in [0.15, 0.2) is 5.96 Å². The average molecular weight is 551 g/mol. The Balaban J connectivity index is 0.00000420. The molecule has 162 valence electrons. The Morgan fingerprint density at radius 2 is 1.66 bits per heavy atom. The SMILES string of the molecule is CCc1ccc(CNC(=NC)NCc2ccccc2CS(=O)(=O)NC(C)C)s1.I. The fourth-order valence-corrected chi connectivity index (χ4v) is 5.14. The summed E-state index contributed by atoms with van der Waals surface area (Å²) < 4.78 is 27.2. The van der Waals surface area contributed by atoms with Gasteiger partial charge in [0.1, 0.15) is 0 Å². The number of halogens is 1. The van der Waals surface area contributed by atoms with Gasteiger partial charge in [0, 0.05) is 29.4 Å². The van der Waals surface area contributed by atoms with E-state index in [9.17, 15) is 8.42 Å². The molecule has 0 atom stereocenters. The van der Waals surface area contributed by atoms with E-state index < -0.39 is 10.0 Å². The zero-order chi connectivity index (χ0) is 20.6. The molecule has 0 amide bonds. The number of aliphatic imine (C=N–C) groups is 1. The van der Waals surface area contributed by atoms with Crippen molar-refractivity contribution >= 4 is 51.3 Å². The van der Waals surface area contributed by atoms with Crippen LogP contribution in [-0.4, -0.2) is 27.5 Å². The Morgan fingerprint density at radius 3 is 2.24 bits per heavy atom. The van der Waals surface area contributed by atoms with Crippen molar-refractivity contribution in [1.82, 2.24) is 15.4 Å². The summed E-state index contributed by atoms with van der Waals surface area (Å²) in [5.74, 6) is 0.647. The summed E-state index contributed by atoms with van der Waals surface area (Å²) in [4.78, 5) is 6.88. The molecule has 6 nitrogen and oxygen atoms in total. The van der Waals surface area contributed by atoms with Crippen LogP contribution in [0, 0.1) is 0 Å². The van der Waals surface area contributed by atoms with E-state index in [0.29, 0.717) is 19.0 Å². The minimum Gasteiger partial charge on any atom is -0.352 e. The maximum absolute atomic E-state index is 12.3. The smallest absolute Gasteiger partial charge is 0.216 e. The van der Waals surface area contributed by atoms with Crippen molar-refractivity contribution in [1.29, 1.82) is 0 Å². The highest BCUT2D eigenvalue weighted by Crippen LogP contribution is 2.16. The number of hydrogen-bond donors (Lipinski definition) is 3. The van der Waals surface area contributed by atoms with E-state index in [1.807, 2.05) is 38.1 Å². The summed E-state index contributed by atoms with van der Waals surface area (Å²) in [6, 6.07) is 11.7. The molecule has 2 aromatic rings. The molecule has 0 radical (unpaired) electrons. The molecular formula is C20H31IN4O2S2. The summed E-state index contributed by atoms with van der Waals surface area (Å²) in [7, 11) is -1.64. The van der Waals surface area contributed by atoms with Gasteiger partial charge in [0.25, 0.3) is 0 Å². The number of sulfonamides is 1. The van der Waals surface area contributed by atoms with Crippen molar-refractivity contribution in [2.24, 2.45) is 4.99 Å². The van der Waals surface area contributed by atoms with Crippen molar-refractivity contribution in [2.75, 3.05) is 7.05 Å². The van der Waals surface area contributed by atoms with Crippen LogP contribution in [0.1, 0.15) is 41.7 Å². The monoisotopic (exact) mass is 550 g/mol. The Hall–Kier alpha value is -1.17. The van der Waals surface area contributed by atoms with E-state index in [-0.39, 0.29) is 35.8 Å². The van der Waals surface area contributed by atoms with Crippen LogP contribution in [0.3, 0.4) is 0 Å². The third-order valence-electron chi connectivity index (χ3n) is 4.04. The van der Waals surface area contributed by atoms with Crippen molar-refractivity contribution in [2.45, 2.75) is 52.1 Å². The van der Waals surface area contributed by atoms with Gasteiger partial charge in [-0.15, -0.1) is 35.3 Å². The number of rotatable bonds is 9. The van der Waals surface area contributed by atoms with Gasteiger partial charge >= 0.3 is 0 Å². The van der Waals surface area contributed by atoms with Gasteiger partial charge in [-0.3, -0.25) is 4.99 Å². The third kappa shape index (κ3) is 9.02. The maximum atomic E-state index is 12.3. The first kappa shape index (κ1) is 25.9. The molecule has 0 fully saturated rings. The van der Waals surface area contributed by atoms with E-state index in [2.05, 4.69) is 39.4 Å². The van der Waals surface area contributed by atoms with Crippen LogP contribution in [0.15, 0.2) is 41.4 Å². The second kappa shape index (κ2) is 12.5. The quantitative estimate of drug-likeness (QED) is 0.253. The third-order valence-corrected chi connectivity index (χ3v) is 6.80. The van der Waals surface area contributed by atoms with Gasteiger partial charge < -0.3 is 10.6 Å². The first-order valence-corrected chi connectivity index (χ1v) is 11.9. The molecule has 0 bridgehead atoms. The molecular weight excluding hydrogens is 519 g/mol. The van der Waals surface area contributed by atoms with Gasteiger partial charge in [-0.2, -0.15) is 0 Å². The lowest BCUT2D eigenvalue weighted by atomic mass is 10.1. The van der Waals surface area contributed by atoms with E-state index >= 15 is 0 Å². The largest absolute Gasteiger partial charge is 0.352 e. The van der Waals surface area contributed by atoms with Gasteiger partial charge in [0.05, 0.1) is 12.3 Å². The number of nitrogens with one attached hydrogen (secondary N) is 3. The zero-order valence-electron chi connectivity index (χ0n) is 17.4. The molecule has 1 aromatic heterocycles. The van der Waals surface area contributed by atoms with E-state index in [1.54, 1.807) is 18.4 Å². The number of nitrogens with zero attached hydrogens (tertiary/aromatic N) is 1. The van der Waals surface area contributed by atoms with Crippen molar-refractivity contribution in [3.8, 4) is 0 Å². The van der Waals surface area contributed by atoms with Crippen LogP contribution >= 0.6 is 35.3 Å². The number of hydrogen-bond acceptors (Lipinski definition) is 4. The van der Waals surface area contributed by atoms with Crippen molar-refractivity contribution < 1.29 is 8.42 Å². The summed E-state index contributed by atoms with van der Waals surface area (Å²) >= 11 is 1.79. The normalized spacial score (nSPS) is 12.0. The Bertz CT molecular complexity index is 895. The number of benzene rings is 1. The highest BCUT2D eigenvalue weighted by molar-refractivity contribution is 14.0. The predicted octanol–water partition coefficient (Wildman–Crippen LogP) is 3.62. The maximum Gasteiger partial charge on any atom is 0.216 e. The van der Waals surface area contributed by atoms with Crippen LogP contribution in [0.25, 0.3) is 0 Å². The zero-order valence-corrected chi connectivity index (χ0v) is 21.3. The van der Waals surface area contributed by atoms with Gasteiger partial charge in [-0.25, -0.2) is 13.1 Å². The minimum absolute atomic E-state index is 0.